The number of hydrogen-bond donors (Lipinski definition) is 2. The molecule has 6 nitrogen and oxygen atoms in total. The first-order valence-corrected chi connectivity index (χ1v) is 7.48. The van der Waals surface area contributed by atoms with Crippen molar-refractivity contribution < 1.29 is 14.3 Å². The zero-order chi connectivity index (χ0) is 16.7. The number of rotatable bonds is 3. The summed E-state index contributed by atoms with van der Waals surface area (Å²) < 4.78 is 14.2. The number of fused-ring (bicyclic) bond motifs is 1. The maximum absolute atomic E-state index is 13.3. The molecule has 0 spiro atoms. The fourth-order valence-electron chi connectivity index (χ4n) is 2.40. The molecule has 0 aliphatic carbocycles. The van der Waals surface area contributed by atoms with Gasteiger partial charge in [-0.05, 0) is 30.2 Å². The summed E-state index contributed by atoms with van der Waals surface area (Å²) in [7, 11) is 0. The number of carboxylic acids is 1. The summed E-state index contributed by atoms with van der Waals surface area (Å²) in [6.45, 7) is 1.55. The smallest absolute Gasteiger partial charge is 0.346 e. The Kier molecular flexibility index (Phi) is 3.61. The summed E-state index contributed by atoms with van der Waals surface area (Å²) >= 11 is 0.929. The minimum Gasteiger partial charge on any atom is -0.477 e. The molecule has 23 heavy (non-hydrogen) atoms. The fraction of sp³-hybridized carbons (Fsp3) is 0.133. The van der Waals surface area contributed by atoms with Crippen molar-refractivity contribution in [3.8, 4) is 0 Å². The van der Waals surface area contributed by atoms with Gasteiger partial charge in [0.1, 0.15) is 21.3 Å². The summed E-state index contributed by atoms with van der Waals surface area (Å²) in [5.41, 5.74) is 0.455. The van der Waals surface area contributed by atoms with Crippen LogP contribution in [0, 0.1) is 12.7 Å². The van der Waals surface area contributed by atoms with Gasteiger partial charge in [-0.3, -0.25) is 4.79 Å². The third-order valence-corrected chi connectivity index (χ3v) is 4.69. The predicted octanol–water partition coefficient (Wildman–Crippen LogP) is 1.91. The molecule has 0 fully saturated rings. The average Bonchev–Trinajstić information content (AvgIpc) is 2.81. The number of aromatic carboxylic acids is 1. The Hall–Kier alpha value is -2.74. The van der Waals surface area contributed by atoms with Crippen molar-refractivity contribution in [2.75, 3.05) is 5.84 Å². The number of nitrogens with two attached hydrogens (primary N) is 1. The number of nitrogens with zero attached hydrogens (tertiary/aromatic N) is 2. The van der Waals surface area contributed by atoms with Crippen LogP contribution < -0.4 is 11.4 Å². The monoisotopic (exact) mass is 333 g/mol. The zero-order valence-corrected chi connectivity index (χ0v) is 12.9. The Morgan fingerprint density at radius 2 is 2.22 bits per heavy atom. The molecular formula is C15H12FN3O3S. The Bertz CT molecular complexity index is 994. The molecular weight excluding hydrogens is 321 g/mol. The molecule has 1 aromatic carbocycles. The number of aryl methyl sites for hydroxylation is 1. The van der Waals surface area contributed by atoms with Crippen LogP contribution in [-0.4, -0.2) is 20.7 Å². The van der Waals surface area contributed by atoms with E-state index in [1.807, 2.05) is 0 Å². The van der Waals surface area contributed by atoms with E-state index < -0.39 is 17.3 Å². The van der Waals surface area contributed by atoms with E-state index in [2.05, 4.69) is 4.98 Å². The first kappa shape index (κ1) is 15.2. The number of hydrogen-bond acceptors (Lipinski definition) is 5. The number of carbonyl (C=O) groups is 1. The van der Waals surface area contributed by atoms with Gasteiger partial charge in [0, 0.05) is 6.42 Å². The molecule has 0 bridgehead atoms. The van der Waals surface area contributed by atoms with Crippen LogP contribution in [-0.2, 0) is 6.42 Å². The van der Waals surface area contributed by atoms with Gasteiger partial charge in [0.25, 0.3) is 5.56 Å². The third kappa shape index (κ3) is 2.57. The van der Waals surface area contributed by atoms with Gasteiger partial charge in [0.15, 0.2) is 0 Å². The predicted molar refractivity (Wildman–Crippen MR) is 84.9 cm³/mol. The van der Waals surface area contributed by atoms with Crippen molar-refractivity contribution in [1.29, 1.82) is 0 Å². The maximum Gasteiger partial charge on any atom is 0.346 e. The second-order valence-corrected chi connectivity index (χ2v) is 6.05. The van der Waals surface area contributed by atoms with Crippen molar-refractivity contribution in [3.63, 3.8) is 0 Å². The molecule has 0 amide bonds. The van der Waals surface area contributed by atoms with Gasteiger partial charge < -0.3 is 10.9 Å². The highest BCUT2D eigenvalue weighted by atomic mass is 32.1. The van der Waals surface area contributed by atoms with Crippen molar-refractivity contribution >= 4 is 27.5 Å². The molecule has 0 aliphatic rings. The van der Waals surface area contributed by atoms with Crippen LogP contribution in [0.15, 0.2) is 29.1 Å². The quantitative estimate of drug-likeness (QED) is 0.714. The minimum atomic E-state index is -1.11. The summed E-state index contributed by atoms with van der Waals surface area (Å²) in [5, 5.41) is 9.37. The summed E-state index contributed by atoms with van der Waals surface area (Å²) in [6, 6.07) is 5.90. The molecule has 3 rings (SSSR count). The van der Waals surface area contributed by atoms with Crippen LogP contribution in [0.2, 0.25) is 0 Å². The second-order valence-electron chi connectivity index (χ2n) is 5.05. The normalized spacial score (nSPS) is 11.0. The van der Waals surface area contributed by atoms with Gasteiger partial charge in [0.05, 0.1) is 5.39 Å². The fourth-order valence-corrected chi connectivity index (χ4v) is 3.43. The number of halogens is 1. The molecule has 118 valence electrons. The van der Waals surface area contributed by atoms with E-state index in [1.165, 1.54) is 12.1 Å². The van der Waals surface area contributed by atoms with Crippen LogP contribution in [0.1, 0.15) is 26.6 Å². The second kappa shape index (κ2) is 5.47. The van der Waals surface area contributed by atoms with E-state index >= 15 is 0 Å². The van der Waals surface area contributed by atoms with Gasteiger partial charge in [-0.2, -0.15) is 0 Å². The zero-order valence-electron chi connectivity index (χ0n) is 12.0. The molecule has 0 aliphatic heterocycles. The van der Waals surface area contributed by atoms with E-state index in [1.54, 1.807) is 19.1 Å². The molecule has 0 saturated heterocycles. The van der Waals surface area contributed by atoms with E-state index in [0.29, 0.717) is 16.0 Å². The summed E-state index contributed by atoms with van der Waals surface area (Å²) in [5.74, 6) is 4.53. The van der Waals surface area contributed by atoms with Crippen molar-refractivity contribution in [2.24, 2.45) is 0 Å². The van der Waals surface area contributed by atoms with Crippen LogP contribution >= 0.6 is 11.3 Å². The Balaban J connectivity index is 2.17. The van der Waals surface area contributed by atoms with Crippen molar-refractivity contribution in [1.82, 2.24) is 9.66 Å². The molecule has 0 unspecified atom stereocenters. The van der Waals surface area contributed by atoms with Crippen LogP contribution in [0.25, 0.3) is 10.2 Å². The highest BCUT2D eigenvalue weighted by Crippen LogP contribution is 2.27. The third-order valence-electron chi connectivity index (χ3n) is 3.52. The Morgan fingerprint density at radius 1 is 1.48 bits per heavy atom. The lowest BCUT2D eigenvalue weighted by atomic mass is 10.1. The van der Waals surface area contributed by atoms with Crippen molar-refractivity contribution in [3.05, 3.63) is 62.3 Å². The minimum absolute atomic E-state index is 0.0625. The lowest BCUT2D eigenvalue weighted by Crippen LogP contribution is -2.31. The highest BCUT2D eigenvalue weighted by molar-refractivity contribution is 7.20. The number of benzene rings is 1. The van der Waals surface area contributed by atoms with Gasteiger partial charge in [-0.25, -0.2) is 18.8 Å². The number of thiophene rings is 1. The first-order chi connectivity index (χ1) is 10.9. The topological polar surface area (TPSA) is 98.2 Å². The maximum atomic E-state index is 13.3. The first-order valence-electron chi connectivity index (χ1n) is 6.66. The molecule has 0 radical (unpaired) electrons. The van der Waals surface area contributed by atoms with Crippen molar-refractivity contribution in [2.45, 2.75) is 13.3 Å². The summed E-state index contributed by atoms with van der Waals surface area (Å²) in [4.78, 5) is 28.3. The van der Waals surface area contributed by atoms with Gasteiger partial charge in [-0.15, -0.1) is 11.3 Å². The Labute approximate surface area is 133 Å². The lowest BCUT2D eigenvalue weighted by Gasteiger charge is -2.07. The van der Waals surface area contributed by atoms with Gasteiger partial charge in [0.2, 0.25) is 0 Å². The van der Waals surface area contributed by atoms with E-state index in [-0.39, 0.29) is 22.5 Å². The molecule has 3 N–H and O–H groups in total. The van der Waals surface area contributed by atoms with Gasteiger partial charge in [-0.1, -0.05) is 12.1 Å². The highest BCUT2D eigenvalue weighted by Gasteiger charge is 2.20. The average molecular weight is 333 g/mol. The molecule has 0 saturated carbocycles. The molecule has 2 heterocycles. The molecule has 2 aromatic heterocycles. The number of carboxylic acid groups (broad SMARTS) is 1. The molecule has 8 heteroatoms. The summed E-state index contributed by atoms with van der Waals surface area (Å²) in [6.07, 6.45) is 0.165. The standard InChI is InChI=1S/C15H12FN3O3S/c1-7-11-13(23-12(7)15(21)22)18-10(19(17)14(11)20)6-8-3-2-4-9(16)5-8/h2-5H,6,17H2,1H3,(H,21,22). The molecule has 0 atom stereocenters. The van der Waals surface area contributed by atoms with Crippen LogP contribution in [0.4, 0.5) is 4.39 Å². The van der Waals surface area contributed by atoms with Gasteiger partial charge >= 0.3 is 5.97 Å². The lowest BCUT2D eigenvalue weighted by molar-refractivity contribution is 0.0701. The van der Waals surface area contributed by atoms with E-state index in [0.717, 1.165) is 16.0 Å². The Morgan fingerprint density at radius 3 is 2.87 bits per heavy atom. The number of nitrogen functional groups attached to an aromatic ring is 1. The molecule has 3 aromatic rings. The van der Waals surface area contributed by atoms with E-state index in [4.69, 9.17) is 10.9 Å². The van der Waals surface area contributed by atoms with Crippen LogP contribution in [0.5, 0.6) is 0 Å². The van der Waals surface area contributed by atoms with E-state index in [9.17, 15) is 14.0 Å². The largest absolute Gasteiger partial charge is 0.477 e. The SMILES string of the molecule is Cc1c(C(=O)O)sc2nc(Cc3cccc(F)c3)n(N)c(=O)c12. The van der Waals surface area contributed by atoms with Crippen LogP contribution in [0.3, 0.4) is 0 Å². The number of aromatic nitrogens is 2.